The second kappa shape index (κ2) is 4.74. The third-order valence-corrected chi connectivity index (χ3v) is 3.36. The zero-order chi connectivity index (χ0) is 8.97. The molecule has 12 heavy (non-hydrogen) atoms. The fraction of sp³-hybridized carbons (Fsp3) is 0.333. The molecule has 6 heteroatoms. The van der Waals surface area contributed by atoms with Crippen molar-refractivity contribution in [1.82, 2.24) is 4.98 Å². The predicted molar refractivity (Wildman–Crippen MR) is 52.3 cm³/mol. The van der Waals surface area contributed by atoms with Crippen molar-refractivity contribution >= 4 is 41.7 Å². The minimum absolute atomic E-state index is 0.173. The van der Waals surface area contributed by atoms with Gasteiger partial charge in [-0.3, -0.25) is 4.79 Å². The van der Waals surface area contributed by atoms with Gasteiger partial charge in [-0.2, -0.15) is 0 Å². The summed E-state index contributed by atoms with van der Waals surface area (Å²) in [5.41, 5.74) is 0. The Morgan fingerprint density at radius 1 is 1.83 bits per heavy atom. The van der Waals surface area contributed by atoms with E-state index in [1.165, 1.54) is 23.1 Å². The van der Waals surface area contributed by atoms with Crippen LogP contribution in [0.15, 0.2) is 14.7 Å². The molecule has 0 atom stereocenters. The van der Waals surface area contributed by atoms with E-state index >= 15 is 0 Å². The first kappa shape index (κ1) is 9.88. The van der Waals surface area contributed by atoms with Crippen LogP contribution in [0.5, 0.6) is 0 Å². The van der Waals surface area contributed by atoms with Gasteiger partial charge in [-0.25, -0.2) is 4.98 Å². The average Bonchev–Trinajstić information content (AvgIpc) is 2.35. The molecule has 0 aliphatic heterocycles. The molecule has 0 amide bonds. The summed E-state index contributed by atoms with van der Waals surface area (Å²) >= 11 is 7.00. The Morgan fingerprint density at radius 3 is 3.08 bits per heavy atom. The van der Waals surface area contributed by atoms with Crippen LogP contribution in [0.4, 0.5) is 0 Å². The predicted octanol–water partition coefficient (Wildman–Crippen LogP) is 2.00. The first-order chi connectivity index (χ1) is 5.68. The van der Waals surface area contributed by atoms with Crippen molar-refractivity contribution in [2.24, 2.45) is 0 Å². The van der Waals surface area contributed by atoms with Gasteiger partial charge in [0.05, 0.1) is 16.8 Å². The van der Waals surface area contributed by atoms with Crippen LogP contribution >= 0.6 is 35.7 Å². The van der Waals surface area contributed by atoms with Crippen LogP contribution < -0.4 is 0 Å². The van der Waals surface area contributed by atoms with Crippen LogP contribution in [0, 0.1) is 0 Å². The zero-order valence-electron chi connectivity index (χ0n) is 6.06. The minimum atomic E-state index is -0.773. The Hall–Kier alpha value is -0.200. The van der Waals surface area contributed by atoms with Crippen molar-refractivity contribution in [2.75, 3.05) is 5.75 Å². The Balaban J connectivity index is 2.29. The first-order valence-corrected chi connectivity index (χ1v) is 5.43. The highest BCUT2D eigenvalue weighted by molar-refractivity contribution is 8.01. The van der Waals surface area contributed by atoms with Crippen molar-refractivity contribution in [2.45, 2.75) is 15.0 Å². The monoisotopic (exact) mass is 221 g/mol. The van der Waals surface area contributed by atoms with Crippen molar-refractivity contribution in [3.63, 3.8) is 0 Å². The molecule has 0 radical (unpaired) electrons. The van der Waals surface area contributed by atoms with E-state index in [0.29, 0.717) is 5.75 Å². The highest BCUT2D eigenvalue weighted by atomic mass is 32.2. The molecule has 0 saturated heterocycles. The van der Waals surface area contributed by atoms with Crippen molar-refractivity contribution in [3.8, 4) is 0 Å². The van der Waals surface area contributed by atoms with Gasteiger partial charge in [0, 0.05) is 5.75 Å². The highest BCUT2D eigenvalue weighted by Crippen LogP contribution is 2.26. The number of aliphatic carboxylic acids is 1. The number of aromatic nitrogens is 1. The Kier molecular flexibility index (Phi) is 3.90. The van der Waals surface area contributed by atoms with E-state index in [9.17, 15) is 4.79 Å². The lowest BCUT2D eigenvalue weighted by Crippen LogP contribution is -1.95. The molecule has 1 rings (SSSR count). The molecule has 0 aliphatic carbocycles. The van der Waals surface area contributed by atoms with Crippen LogP contribution in [0.25, 0.3) is 0 Å². The van der Waals surface area contributed by atoms with Gasteiger partial charge >= 0.3 is 5.97 Å². The number of nitrogens with zero attached hydrogens (tertiary/aromatic N) is 1. The summed E-state index contributed by atoms with van der Waals surface area (Å²) in [4.78, 5) is 14.2. The molecule has 0 aromatic carbocycles. The van der Waals surface area contributed by atoms with E-state index in [1.807, 2.05) is 0 Å². The fourth-order valence-corrected chi connectivity index (χ4v) is 2.77. The smallest absolute Gasteiger partial charge is 0.304 e. The number of carbonyl (C=O) groups is 1. The van der Waals surface area contributed by atoms with E-state index in [4.69, 9.17) is 5.11 Å². The number of hydrogen-bond acceptors (Lipinski definition) is 5. The molecule has 1 aromatic rings. The van der Waals surface area contributed by atoms with Crippen LogP contribution in [0.2, 0.25) is 0 Å². The van der Waals surface area contributed by atoms with Crippen molar-refractivity contribution < 1.29 is 9.90 Å². The van der Waals surface area contributed by atoms with Gasteiger partial charge < -0.3 is 5.11 Å². The van der Waals surface area contributed by atoms with Crippen LogP contribution in [-0.4, -0.2) is 21.8 Å². The Morgan fingerprint density at radius 2 is 2.58 bits per heavy atom. The van der Waals surface area contributed by atoms with Gasteiger partial charge in [-0.05, 0) is 0 Å². The minimum Gasteiger partial charge on any atom is -0.481 e. The molecule has 0 fully saturated rings. The molecule has 1 heterocycles. The number of thiol groups is 1. The lowest BCUT2D eigenvalue weighted by atomic mass is 10.5. The summed E-state index contributed by atoms with van der Waals surface area (Å²) in [5, 5.41) is 8.35. The summed E-state index contributed by atoms with van der Waals surface area (Å²) in [6.45, 7) is 0. The molecule has 1 aromatic heterocycles. The average molecular weight is 221 g/mol. The molecule has 0 saturated carbocycles. The van der Waals surface area contributed by atoms with Gasteiger partial charge in [0.15, 0.2) is 4.34 Å². The maximum Gasteiger partial charge on any atom is 0.304 e. The summed E-state index contributed by atoms with van der Waals surface area (Å²) in [5.74, 6) is -0.207. The topological polar surface area (TPSA) is 50.2 Å². The van der Waals surface area contributed by atoms with Gasteiger partial charge in [0.2, 0.25) is 0 Å². The SMILES string of the molecule is O=C(O)CCSc1ncc(S)s1. The molecular formula is C6H7NO2S3. The number of thioether (sulfide) groups is 1. The van der Waals surface area contributed by atoms with E-state index in [0.717, 1.165) is 8.55 Å². The molecule has 0 unspecified atom stereocenters. The van der Waals surface area contributed by atoms with Gasteiger partial charge in [-0.15, -0.1) is 24.0 Å². The molecule has 0 spiro atoms. The summed E-state index contributed by atoms with van der Waals surface area (Å²) in [7, 11) is 0. The zero-order valence-corrected chi connectivity index (χ0v) is 8.59. The van der Waals surface area contributed by atoms with Gasteiger partial charge in [0.1, 0.15) is 0 Å². The van der Waals surface area contributed by atoms with E-state index in [2.05, 4.69) is 17.6 Å². The number of hydrogen-bond donors (Lipinski definition) is 2. The second-order valence-electron chi connectivity index (χ2n) is 1.96. The maximum atomic E-state index is 10.1. The van der Waals surface area contributed by atoms with Crippen LogP contribution in [0.3, 0.4) is 0 Å². The van der Waals surface area contributed by atoms with Crippen LogP contribution in [-0.2, 0) is 4.79 Å². The Labute approximate surface area is 83.6 Å². The number of carboxylic acid groups (broad SMARTS) is 1. The van der Waals surface area contributed by atoms with Crippen LogP contribution in [0.1, 0.15) is 6.42 Å². The highest BCUT2D eigenvalue weighted by Gasteiger charge is 2.01. The van der Waals surface area contributed by atoms with E-state index in [-0.39, 0.29) is 6.42 Å². The number of thiazole rings is 1. The molecule has 3 nitrogen and oxygen atoms in total. The summed E-state index contributed by atoms with van der Waals surface area (Å²) in [6.07, 6.45) is 1.84. The quantitative estimate of drug-likeness (QED) is 0.603. The lowest BCUT2D eigenvalue weighted by Gasteiger charge is -1.91. The second-order valence-corrected chi connectivity index (χ2v) is 5.11. The largest absolute Gasteiger partial charge is 0.481 e. The molecular weight excluding hydrogens is 214 g/mol. The van der Waals surface area contributed by atoms with Crippen molar-refractivity contribution in [3.05, 3.63) is 6.20 Å². The summed E-state index contributed by atoms with van der Waals surface area (Å²) < 4.78 is 1.73. The van der Waals surface area contributed by atoms with Crippen molar-refractivity contribution in [1.29, 1.82) is 0 Å². The lowest BCUT2D eigenvalue weighted by molar-refractivity contribution is -0.136. The van der Waals surface area contributed by atoms with Gasteiger partial charge in [-0.1, -0.05) is 11.8 Å². The molecule has 1 N–H and O–H groups in total. The Bertz CT molecular complexity index is 274. The standard InChI is InChI=1S/C6H7NO2S3/c8-4(9)1-2-11-6-7-3-5(10)12-6/h3,10H,1-2H2,(H,8,9). The first-order valence-electron chi connectivity index (χ1n) is 3.18. The molecule has 66 valence electrons. The third kappa shape index (κ3) is 3.46. The number of rotatable bonds is 4. The fourth-order valence-electron chi connectivity index (χ4n) is 0.542. The molecule has 0 aliphatic rings. The van der Waals surface area contributed by atoms with E-state index in [1.54, 1.807) is 6.20 Å². The van der Waals surface area contributed by atoms with Gasteiger partial charge in [0.25, 0.3) is 0 Å². The maximum absolute atomic E-state index is 10.1. The third-order valence-electron chi connectivity index (χ3n) is 1.01. The van der Waals surface area contributed by atoms with E-state index < -0.39 is 5.97 Å². The molecule has 0 bridgehead atoms. The summed E-state index contributed by atoms with van der Waals surface area (Å²) in [6, 6.07) is 0. The normalized spacial score (nSPS) is 10.1. The number of carboxylic acids is 1.